The topological polar surface area (TPSA) is 72.2 Å². The van der Waals surface area contributed by atoms with Crippen LogP contribution in [0.15, 0.2) is 0 Å². The molecule has 1 amide bonds. The Morgan fingerprint density at radius 3 is 1.82 bits per heavy atom. The predicted octanol–water partition coefficient (Wildman–Crippen LogP) is 2.26. The van der Waals surface area contributed by atoms with E-state index < -0.39 is 0 Å². The number of hydrogen-bond acceptors (Lipinski definition) is 3. The molecule has 0 bridgehead atoms. The molecule has 0 radical (unpaired) electrons. The number of rotatable bonds is 7. The fourth-order valence-electron chi connectivity index (χ4n) is 0.923. The Bertz CT molecular complexity index is 153. The lowest BCUT2D eigenvalue weighted by Crippen LogP contribution is -2.09. The first-order valence-electron chi connectivity index (χ1n) is 6.46. The van der Waals surface area contributed by atoms with Crippen LogP contribution in [0.2, 0.25) is 0 Å². The van der Waals surface area contributed by atoms with E-state index in [1.54, 1.807) is 6.92 Å². The third kappa shape index (κ3) is 39.5. The zero-order valence-corrected chi connectivity index (χ0v) is 12.1. The lowest BCUT2D eigenvalue weighted by molar-refractivity contribution is -0.119. The molecule has 4 nitrogen and oxygen atoms in total. The summed E-state index contributed by atoms with van der Waals surface area (Å²) in [5.41, 5.74) is 4.89. The Hall–Kier alpha value is -0.900. The van der Waals surface area contributed by atoms with Gasteiger partial charge in [-0.25, -0.2) is 0 Å². The summed E-state index contributed by atoms with van der Waals surface area (Å²) >= 11 is 0. The van der Waals surface area contributed by atoms with Gasteiger partial charge in [0, 0.05) is 12.8 Å². The van der Waals surface area contributed by atoms with Gasteiger partial charge in [-0.3, -0.25) is 4.79 Å². The van der Waals surface area contributed by atoms with E-state index >= 15 is 0 Å². The zero-order valence-electron chi connectivity index (χ0n) is 12.1. The number of nitrogens with two attached hydrogens (primary N) is 1. The van der Waals surface area contributed by atoms with Gasteiger partial charge in [0.2, 0.25) is 5.91 Å². The molecule has 0 fully saturated rings. The SMILES string of the molecule is CC.CC(=O)CCCCC(N)=O.CCCNC. The maximum atomic E-state index is 10.4. The van der Waals surface area contributed by atoms with Crippen molar-refractivity contribution in [1.82, 2.24) is 5.32 Å². The zero-order chi connectivity index (χ0) is 14.1. The molecule has 0 aromatic rings. The van der Waals surface area contributed by atoms with Crippen LogP contribution in [0, 0.1) is 0 Å². The van der Waals surface area contributed by atoms with E-state index in [1.807, 2.05) is 20.9 Å². The summed E-state index contributed by atoms with van der Waals surface area (Å²) in [7, 11) is 1.96. The molecule has 0 heterocycles. The van der Waals surface area contributed by atoms with Crippen LogP contribution in [0.5, 0.6) is 0 Å². The highest BCUT2D eigenvalue weighted by Crippen LogP contribution is 1.98. The third-order valence-corrected chi connectivity index (χ3v) is 1.70. The van der Waals surface area contributed by atoms with E-state index in [4.69, 9.17) is 5.73 Å². The van der Waals surface area contributed by atoms with Crippen LogP contribution in [0.4, 0.5) is 0 Å². The lowest BCUT2D eigenvalue weighted by atomic mass is 10.1. The fraction of sp³-hybridized carbons (Fsp3) is 0.846. The molecule has 17 heavy (non-hydrogen) atoms. The molecule has 4 heteroatoms. The number of nitrogens with one attached hydrogen (secondary N) is 1. The van der Waals surface area contributed by atoms with Crippen molar-refractivity contribution in [2.75, 3.05) is 13.6 Å². The quantitative estimate of drug-likeness (QED) is 0.677. The lowest BCUT2D eigenvalue weighted by Gasteiger charge is -1.93. The van der Waals surface area contributed by atoms with Crippen molar-refractivity contribution in [1.29, 1.82) is 0 Å². The van der Waals surface area contributed by atoms with Crippen LogP contribution in [-0.2, 0) is 9.59 Å². The first-order chi connectivity index (χ1) is 8.04. The average molecular weight is 246 g/mol. The second-order valence-electron chi connectivity index (χ2n) is 3.48. The Morgan fingerprint density at radius 1 is 1.12 bits per heavy atom. The number of carbonyl (C=O) groups excluding carboxylic acids is 2. The second kappa shape index (κ2) is 20.5. The normalized spacial score (nSPS) is 8.29. The van der Waals surface area contributed by atoms with E-state index in [0.29, 0.717) is 12.8 Å². The summed E-state index contributed by atoms with van der Waals surface area (Å²) in [6.45, 7) is 8.83. The van der Waals surface area contributed by atoms with Gasteiger partial charge in [0.25, 0.3) is 0 Å². The third-order valence-electron chi connectivity index (χ3n) is 1.70. The molecule has 0 aromatic carbocycles. The number of ketones is 1. The van der Waals surface area contributed by atoms with Crippen molar-refractivity contribution in [2.24, 2.45) is 5.73 Å². The minimum Gasteiger partial charge on any atom is -0.370 e. The monoisotopic (exact) mass is 246 g/mol. The highest BCUT2D eigenvalue weighted by Gasteiger charge is 1.95. The van der Waals surface area contributed by atoms with E-state index in [0.717, 1.165) is 19.4 Å². The van der Waals surface area contributed by atoms with Gasteiger partial charge >= 0.3 is 0 Å². The summed E-state index contributed by atoms with van der Waals surface area (Å²) < 4.78 is 0. The number of carbonyl (C=O) groups is 2. The van der Waals surface area contributed by atoms with Gasteiger partial charge in [0.1, 0.15) is 5.78 Å². The first-order valence-corrected chi connectivity index (χ1v) is 6.46. The molecule has 0 aliphatic rings. The Kier molecular flexibility index (Phi) is 25.8. The molecule has 0 unspecified atom stereocenters. The summed E-state index contributed by atoms with van der Waals surface area (Å²) in [5.74, 6) is -0.118. The van der Waals surface area contributed by atoms with Crippen LogP contribution >= 0.6 is 0 Å². The molecule has 0 atom stereocenters. The Balaban J connectivity index is -0.000000236. The summed E-state index contributed by atoms with van der Waals surface area (Å²) in [4.78, 5) is 20.6. The van der Waals surface area contributed by atoms with Crippen LogP contribution in [0.1, 0.15) is 59.8 Å². The molecule has 0 saturated carbocycles. The minimum atomic E-state index is -0.288. The number of primary amides is 1. The van der Waals surface area contributed by atoms with E-state index in [1.165, 1.54) is 6.42 Å². The van der Waals surface area contributed by atoms with Crippen LogP contribution < -0.4 is 11.1 Å². The molecule has 104 valence electrons. The molecule has 0 spiro atoms. The van der Waals surface area contributed by atoms with Crippen LogP contribution in [0.3, 0.4) is 0 Å². The van der Waals surface area contributed by atoms with Gasteiger partial charge in [-0.1, -0.05) is 20.8 Å². The van der Waals surface area contributed by atoms with Gasteiger partial charge in [-0.15, -0.1) is 0 Å². The maximum Gasteiger partial charge on any atom is 0.217 e. The highest BCUT2D eigenvalue weighted by molar-refractivity contribution is 5.75. The summed E-state index contributed by atoms with van der Waals surface area (Å²) in [6, 6.07) is 0. The van der Waals surface area contributed by atoms with Gasteiger partial charge in [-0.05, 0) is 39.8 Å². The largest absolute Gasteiger partial charge is 0.370 e. The first kappa shape index (κ1) is 21.4. The molecule has 0 saturated heterocycles. The van der Waals surface area contributed by atoms with Crippen molar-refractivity contribution in [3.8, 4) is 0 Å². The summed E-state index contributed by atoms with van der Waals surface area (Å²) in [6.07, 6.45) is 3.70. The molecule has 0 aliphatic heterocycles. The standard InChI is InChI=1S/C7H13NO2.C4H11N.C2H6/c1-6(9)4-2-3-5-7(8)10;1-3-4-5-2;1-2/h2-5H2,1H3,(H2,8,10);5H,3-4H2,1-2H3;1-2H3. The van der Waals surface area contributed by atoms with Crippen molar-refractivity contribution < 1.29 is 9.59 Å². The molecule has 0 aliphatic carbocycles. The number of Topliss-reactive ketones (excluding diaryl/α,β-unsaturated/α-hetero) is 1. The maximum absolute atomic E-state index is 10.4. The van der Waals surface area contributed by atoms with Crippen molar-refractivity contribution >= 4 is 11.7 Å². The molecule has 3 N–H and O–H groups in total. The Labute approximate surface area is 106 Å². The van der Waals surface area contributed by atoms with Gasteiger partial charge < -0.3 is 15.8 Å². The number of amides is 1. The van der Waals surface area contributed by atoms with E-state index in [-0.39, 0.29) is 11.7 Å². The second-order valence-corrected chi connectivity index (χ2v) is 3.48. The molecular formula is C13H30N2O2. The van der Waals surface area contributed by atoms with Gasteiger partial charge in [0.15, 0.2) is 0 Å². The van der Waals surface area contributed by atoms with Gasteiger partial charge in [-0.2, -0.15) is 0 Å². The van der Waals surface area contributed by atoms with Gasteiger partial charge in [0.05, 0.1) is 0 Å². The minimum absolute atomic E-state index is 0.171. The summed E-state index contributed by atoms with van der Waals surface area (Å²) in [5, 5.41) is 3.02. The van der Waals surface area contributed by atoms with Crippen molar-refractivity contribution in [2.45, 2.75) is 59.8 Å². The smallest absolute Gasteiger partial charge is 0.217 e. The van der Waals surface area contributed by atoms with E-state index in [2.05, 4.69) is 12.2 Å². The van der Waals surface area contributed by atoms with Crippen molar-refractivity contribution in [3.63, 3.8) is 0 Å². The Morgan fingerprint density at radius 2 is 1.59 bits per heavy atom. The average Bonchev–Trinajstić information content (AvgIpc) is 2.29. The van der Waals surface area contributed by atoms with Crippen LogP contribution in [-0.4, -0.2) is 25.3 Å². The molecule has 0 aromatic heterocycles. The molecule has 0 rings (SSSR count). The highest BCUT2D eigenvalue weighted by atomic mass is 16.1. The predicted molar refractivity (Wildman–Crippen MR) is 73.9 cm³/mol. The number of unbranched alkanes of at least 4 members (excludes halogenated alkanes) is 1. The van der Waals surface area contributed by atoms with Crippen LogP contribution in [0.25, 0.3) is 0 Å². The van der Waals surface area contributed by atoms with Crippen molar-refractivity contribution in [3.05, 3.63) is 0 Å². The fourth-order valence-corrected chi connectivity index (χ4v) is 0.923. The van der Waals surface area contributed by atoms with E-state index in [9.17, 15) is 9.59 Å². The number of hydrogen-bond donors (Lipinski definition) is 2. The molecular weight excluding hydrogens is 216 g/mol.